The summed E-state index contributed by atoms with van der Waals surface area (Å²) in [7, 11) is 0. The van der Waals surface area contributed by atoms with Gasteiger partial charge in [-0.1, -0.05) is 42.5 Å². The molecule has 2 rings (SSSR count). The Morgan fingerprint density at radius 2 is 2.00 bits per heavy atom. The lowest BCUT2D eigenvalue weighted by molar-refractivity contribution is -0.146. The summed E-state index contributed by atoms with van der Waals surface area (Å²) in [6.45, 7) is -0.173. The predicted octanol–water partition coefficient (Wildman–Crippen LogP) is 2.77. The number of carbonyl (C=O) groups is 2. The van der Waals surface area contributed by atoms with Crippen LogP contribution in [0.25, 0.3) is 0 Å². The van der Waals surface area contributed by atoms with Crippen molar-refractivity contribution in [2.75, 3.05) is 6.61 Å². The highest BCUT2D eigenvalue weighted by molar-refractivity contribution is 5.98. The van der Waals surface area contributed by atoms with E-state index in [0.717, 1.165) is 19.3 Å². The Hall–Kier alpha value is -1.90. The standard InChI is InChI=1S/C15H16O3/c16-14(12-7-3-1-4-8-12)11-18-15(17)13-9-5-2-6-10-13/h1,3-5,7-9,13H,2,6,10-11H2/t13-/m1/s1. The number of hydrogen-bond donors (Lipinski definition) is 0. The summed E-state index contributed by atoms with van der Waals surface area (Å²) in [6.07, 6.45) is 6.71. The van der Waals surface area contributed by atoms with Crippen LogP contribution in [0.2, 0.25) is 0 Å². The molecule has 1 aromatic rings. The maximum atomic E-state index is 11.7. The molecule has 0 heterocycles. The minimum Gasteiger partial charge on any atom is -0.457 e. The van der Waals surface area contributed by atoms with Crippen LogP contribution in [0, 0.1) is 5.92 Å². The molecule has 94 valence electrons. The average molecular weight is 244 g/mol. The number of rotatable bonds is 4. The Kier molecular flexibility index (Phi) is 4.29. The first-order valence-electron chi connectivity index (χ1n) is 6.19. The fraction of sp³-hybridized carbons (Fsp3) is 0.333. The Bertz CT molecular complexity index is 448. The average Bonchev–Trinajstić information content (AvgIpc) is 2.46. The lowest BCUT2D eigenvalue weighted by atomic mass is 9.96. The van der Waals surface area contributed by atoms with E-state index < -0.39 is 0 Å². The highest BCUT2D eigenvalue weighted by atomic mass is 16.5. The molecule has 0 aromatic heterocycles. The van der Waals surface area contributed by atoms with Gasteiger partial charge in [0.15, 0.2) is 12.4 Å². The predicted molar refractivity (Wildman–Crippen MR) is 68.2 cm³/mol. The van der Waals surface area contributed by atoms with Crippen LogP contribution in [0.5, 0.6) is 0 Å². The van der Waals surface area contributed by atoms with Crippen molar-refractivity contribution < 1.29 is 14.3 Å². The third kappa shape index (κ3) is 3.29. The number of ketones is 1. The number of hydrogen-bond acceptors (Lipinski definition) is 3. The van der Waals surface area contributed by atoms with Crippen LogP contribution in [0.3, 0.4) is 0 Å². The third-order valence-electron chi connectivity index (χ3n) is 3.00. The summed E-state index contributed by atoms with van der Waals surface area (Å²) in [4.78, 5) is 23.4. The van der Waals surface area contributed by atoms with Crippen LogP contribution in [-0.2, 0) is 9.53 Å². The molecule has 0 spiro atoms. The first-order chi connectivity index (χ1) is 8.77. The molecule has 0 radical (unpaired) electrons. The van der Waals surface area contributed by atoms with Crippen LogP contribution >= 0.6 is 0 Å². The van der Waals surface area contributed by atoms with Gasteiger partial charge in [-0.15, -0.1) is 0 Å². The quantitative estimate of drug-likeness (QED) is 0.464. The molecule has 0 saturated carbocycles. The van der Waals surface area contributed by atoms with Crippen molar-refractivity contribution in [2.24, 2.45) is 5.92 Å². The van der Waals surface area contributed by atoms with Crippen LogP contribution in [0.1, 0.15) is 29.6 Å². The van der Waals surface area contributed by atoms with E-state index in [1.165, 1.54) is 0 Å². The second-order valence-electron chi connectivity index (χ2n) is 4.36. The SMILES string of the molecule is O=C(COC(=O)[C@@H]1C=CCCC1)c1ccccc1. The highest BCUT2D eigenvalue weighted by Crippen LogP contribution is 2.18. The van der Waals surface area contributed by atoms with E-state index in [1.54, 1.807) is 24.3 Å². The Labute approximate surface area is 106 Å². The molecule has 0 fully saturated rings. The topological polar surface area (TPSA) is 43.4 Å². The van der Waals surface area contributed by atoms with Crippen molar-refractivity contribution in [2.45, 2.75) is 19.3 Å². The van der Waals surface area contributed by atoms with Gasteiger partial charge in [-0.2, -0.15) is 0 Å². The number of Topliss-reactive ketones (excluding diaryl/α,β-unsaturated/α-hetero) is 1. The molecule has 1 aliphatic carbocycles. The molecule has 0 bridgehead atoms. The third-order valence-corrected chi connectivity index (χ3v) is 3.00. The van der Waals surface area contributed by atoms with Gasteiger partial charge >= 0.3 is 5.97 Å². The summed E-state index contributed by atoms with van der Waals surface area (Å²) in [5, 5.41) is 0. The highest BCUT2D eigenvalue weighted by Gasteiger charge is 2.19. The molecular weight excluding hydrogens is 228 g/mol. The maximum Gasteiger partial charge on any atom is 0.313 e. The Balaban J connectivity index is 1.84. The number of benzene rings is 1. The van der Waals surface area contributed by atoms with E-state index >= 15 is 0 Å². The van der Waals surface area contributed by atoms with Gasteiger partial charge in [0.1, 0.15) is 0 Å². The zero-order chi connectivity index (χ0) is 12.8. The fourth-order valence-corrected chi connectivity index (χ4v) is 1.96. The number of esters is 1. The van der Waals surface area contributed by atoms with E-state index in [1.807, 2.05) is 18.2 Å². The lowest BCUT2D eigenvalue weighted by Gasteiger charge is -2.14. The normalized spacial score (nSPS) is 18.3. The second-order valence-corrected chi connectivity index (χ2v) is 4.36. The van der Waals surface area contributed by atoms with Gasteiger partial charge in [-0.3, -0.25) is 9.59 Å². The maximum absolute atomic E-state index is 11.7. The summed E-state index contributed by atoms with van der Waals surface area (Å²) in [6, 6.07) is 8.86. The van der Waals surface area contributed by atoms with E-state index in [2.05, 4.69) is 0 Å². The van der Waals surface area contributed by atoms with E-state index in [9.17, 15) is 9.59 Å². The zero-order valence-corrected chi connectivity index (χ0v) is 10.2. The van der Waals surface area contributed by atoms with Crippen molar-refractivity contribution in [3.05, 3.63) is 48.0 Å². The molecule has 3 heteroatoms. The van der Waals surface area contributed by atoms with Crippen molar-refractivity contribution in [1.29, 1.82) is 0 Å². The molecule has 18 heavy (non-hydrogen) atoms. The molecular formula is C15H16O3. The molecule has 0 saturated heterocycles. The van der Waals surface area contributed by atoms with E-state index in [-0.39, 0.29) is 24.3 Å². The summed E-state index contributed by atoms with van der Waals surface area (Å²) in [5.74, 6) is -0.638. The Morgan fingerprint density at radius 3 is 2.67 bits per heavy atom. The zero-order valence-electron chi connectivity index (χ0n) is 10.2. The van der Waals surface area contributed by atoms with Gasteiger partial charge in [0, 0.05) is 5.56 Å². The van der Waals surface area contributed by atoms with Crippen LogP contribution in [0.4, 0.5) is 0 Å². The molecule has 0 amide bonds. The largest absolute Gasteiger partial charge is 0.457 e. The molecule has 1 aliphatic rings. The van der Waals surface area contributed by atoms with Gasteiger partial charge in [-0.05, 0) is 19.3 Å². The van der Waals surface area contributed by atoms with Crippen molar-refractivity contribution in [3.8, 4) is 0 Å². The monoisotopic (exact) mass is 244 g/mol. The minimum atomic E-state index is -0.296. The van der Waals surface area contributed by atoms with Crippen LogP contribution < -0.4 is 0 Å². The van der Waals surface area contributed by atoms with Gasteiger partial charge < -0.3 is 4.74 Å². The second kappa shape index (κ2) is 6.15. The first kappa shape index (κ1) is 12.6. The summed E-state index contributed by atoms with van der Waals surface area (Å²) in [5.41, 5.74) is 0.574. The van der Waals surface area contributed by atoms with E-state index in [0.29, 0.717) is 5.56 Å². The minimum absolute atomic E-state index is 0.163. The molecule has 1 atom stereocenters. The summed E-state index contributed by atoms with van der Waals surface area (Å²) < 4.78 is 5.06. The molecule has 0 unspecified atom stereocenters. The molecule has 1 aromatic carbocycles. The van der Waals surface area contributed by atoms with Crippen molar-refractivity contribution in [1.82, 2.24) is 0 Å². The number of allylic oxidation sites excluding steroid dienone is 1. The van der Waals surface area contributed by atoms with Gasteiger partial charge in [0.25, 0.3) is 0 Å². The molecule has 0 N–H and O–H groups in total. The molecule has 3 nitrogen and oxygen atoms in total. The van der Waals surface area contributed by atoms with Crippen molar-refractivity contribution >= 4 is 11.8 Å². The van der Waals surface area contributed by atoms with Crippen LogP contribution in [-0.4, -0.2) is 18.4 Å². The van der Waals surface area contributed by atoms with Crippen molar-refractivity contribution in [3.63, 3.8) is 0 Å². The smallest absolute Gasteiger partial charge is 0.313 e. The molecule has 0 aliphatic heterocycles. The van der Waals surface area contributed by atoms with Crippen LogP contribution in [0.15, 0.2) is 42.5 Å². The lowest BCUT2D eigenvalue weighted by Crippen LogP contribution is -2.21. The fourth-order valence-electron chi connectivity index (χ4n) is 1.96. The number of ether oxygens (including phenoxy) is 1. The van der Waals surface area contributed by atoms with Gasteiger partial charge in [0.05, 0.1) is 5.92 Å². The first-order valence-corrected chi connectivity index (χ1v) is 6.19. The van der Waals surface area contributed by atoms with Gasteiger partial charge in [-0.25, -0.2) is 0 Å². The van der Waals surface area contributed by atoms with Gasteiger partial charge in [0.2, 0.25) is 0 Å². The number of carbonyl (C=O) groups excluding carboxylic acids is 2. The van der Waals surface area contributed by atoms with E-state index in [4.69, 9.17) is 4.74 Å². The summed E-state index contributed by atoms with van der Waals surface area (Å²) >= 11 is 0. The Morgan fingerprint density at radius 1 is 1.22 bits per heavy atom.